The van der Waals surface area contributed by atoms with Gasteiger partial charge in [0.25, 0.3) is 5.91 Å². The Morgan fingerprint density at radius 1 is 0.918 bits per heavy atom. The van der Waals surface area contributed by atoms with Crippen molar-refractivity contribution >= 4 is 40.1 Å². The summed E-state index contributed by atoms with van der Waals surface area (Å²) in [5.41, 5.74) is 0.626. The van der Waals surface area contributed by atoms with Crippen molar-refractivity contribution in [3.8, 4) is 11.5 Å². The van der Waals surface area contributed by atoms with E-state index in [1.165, 1.54) is 18.4 Å². The molecule has 0 saturated heterocycles. The summed E-state index contributed by atoms with van der Waals surface area (Å²) >= 11 is 1.22. The number of esters is 2. The van der Waals surface area contributed by atoms with Crippen molar-refractivity contribution in [1.82, 2.24) is 10.2 Å². The highest BCUT2D eigenvalue weighted by Crippen LogP contribution is 2.40. The number of methoxy groups -OCH3 is 2. The summed E-state index contributed by atoms with van der Waals surface area (Å²) in [7, 11) is 3.13. The number of carbonyl (C=O) groups is 4. The highest BCUT2D eigenvalue weighted by molar-refractivity contribution is 7.17. The summed E-state index contributed by atoms with van der Waals surface area (Å²) in [6, 6.07) is 14.3. The lowest BCUT2D eigenvalue weighted by Crippen LogP contribution is -2.47. The number of rotatable bonds is 11. The molecule has 1 aliphatic rings. The third kappa shape index (κ3) is 10.5. The quantitative estimate of drug-likeness (QED) is 0.154. The molecule has 3 aromatic rings. The third-order valence-corrected chi connectivity index (χ3v) is 8.42. The number of nitrogens with one attached hydrogen (secondary N) is 2. The maximum atomic E-state index is 13.7. The molecule has 1 aliphatic heterocycles. The van der Waals surface area contributed by atoms with Gasteiger partial charge in [0.05, 0.1) is 12.7 Å². The first kappa shape index (κ1) is 37.4. The van der Waals surface area contributed by atoms with Crippen LogP contribution in [0, 0.1) is 0 Å². The van der Waals surface area contributed by atoms with Crippen LogP contribution < -0.4 is 20.1 Å². The topological polar surface area (TPSA) is 142 Å². The molecule has 1 aromatic heterocycles. The Kier molecular flexibility index (Phi) is 12.1. The van der Waals surface area contributed by atoms with E-state index in [0.29, 0.717) is 36.4 Å². The van der Waals surface area contributed by atoms with Gasteiger partial charge in [-0.05, 0) is 89.4 Å². The van der Waals surface area contributed by atoms with Crippen LogP contribution in [0.3, 0.4) is 0 Å². The van der Waals surface area contributed by atoms with Gasteiger partial charge in [0.1, 0.15) is 27.7 Å². The van der Waals surface area contributed by atoms with Gasteiger partial charge in [0.2, 0.25) is 0 Å². The Morgan fingerprint density at radius 3 is 2.24 bits per heavy atom. The standard InChI is InChI=1S/C36H45N3O9S/c1-35(2,3)47-33(42)29-27-17-24(18-37-30(40)23-10-9-11-26(16-23)46-21-44-7)39(19-22-12-14-25(45-8)15-13-22)20-28(27)49-32(29)38-31(41)34(43)48-36(4,5)6/h9-16,24H,17-21H2,1-8H3,(H,37,40)(H,38,41). The second-order valence-corrected chi connectivity index (χ2v) is 14.7. The number of ether oxygens (including phenoxy) is 5. The zero-order valence-electron chi connectivity index (χ0n) is 29.3. The van der Waals surface area contributed by atoms with Gasteiger partial charge in [-0.25, -0.2) is 9.59 Å². The maximum absolute atomic E-state index is 13.7. The molecule has 0 aliphatic carbocycles. The van der Waals surface area contributed by atoms with Gasteiger partial charge in [-0.2, -0.15) is 0 Å². The fourth-order valence-corrected chi connectivity index (χ4v) is 6.40. The average Bonchev–Trinajstić information content (AvgIpc) is 3.37. The summed E-state index contributed by atoms with van der Waals surface area (Å²) in [6.45, 7) is 11.5. The number of anilines is 1. The molecule has 13 heteroatoms. The van der Waals surface area contributed by atoms with E-state index in [9.17, 15) is 19.2 Å². The van der Waals surface area contributed by atoms with E-state index >= 15 is 0 Å². The van der Waals surface area contributed by atoms with Gasteiger partial charge >= 0.3 is 17.8 Å². The molecule has 1 atom stereocenters. The van der Waals surface area contributed by atoms with Crippen LogP contribution >= 0.6 is 11.3 Å². The van der Waals surface area contributed by atoms with E-state index in [2.05, 4.69) is 15.5 Å². The van der Waals surface area contributed by atoms with Crippen molar-refractivity contribution in [1.29, 1.82) is 0 Å². The van der Waals surface area contributed by atoms with Crippen LogP contribution in [-0.4, -0.2) is 73.5 Å². The average molecular weight is 696 g/mol. The molecule has 264 valence electrons. The molecule has 2 amide bonds. The number of fused-ring (bicyclic) bond motifs is 1. The predicted molar refractivity (Wildman–Crippen MR) is 185 cm³/mol. The number of carbonyl (C=O) groups excluding carboxylic acids is 4. The van der Waals surface area contributed by atoms with Crippen molar-refractivity contribution in [2.24, 2.45) is 0 Å². The van der Waals surface area contributed by atoms with E-state index in [1.807, 2.05) is 24.3 Å². The van der Waals surface area contributed by atoms with Crippen molar-refractivity contribution in [3.05, 3.63) is 75.7 Å². The minimum absolute atomic E-state index is 0.0522. The first-order chi connectivity index (χ1) is 23.1. The molecule has 2 heterocycles. The lowest BCUT2D eigenvalue weighted by Gasteiger charge is -2.36. The monoisotopic (exact) mass is 695 g/mol. The largest absolute Gasteiger partial charge is 0.497 e. The van der Waals surface area contributed by atoms with Crippen LogP contribution in [0.1, 0.15) is 78.3 Å². The molecule has 2 N–H and O–H groups in total. The maximum Gasteiger partial charge on any atom is 0.397 e. The van der Waals surface area contributed by atoms with E-state index < -0.39 is 29.0 Å². The van der Waals surface area contributed by atoms with E-state index in [1.54, 1.807) is 72.9 Å². The number of thiophene rings is 1. The molecule has 1 unspecified atom stereocenters. The minimum atomic E-state index is -1.06. The molecule has 0 spiro atoms. The minimum Gasteiger partial charge on any atom is -0.497 e. The summed E-state index contributed by atoms with van der Waals surface area (Å²) < 4.78 is 26.8. The van der Waals surface area contributed by atoms with Gasteiger partial charge in [0, 0.05) is 43.2 Å². The Bertz CT molecular complexity index is 1660. The fraction of sp³-hybridized carbons (Fsp3) is 0.444. The van der Waals surface area contributed by atoms with Crippen LogP contribution in [0.2, 0.25) is 0 Å². The Balaban J connectivity index is 1.67. The van der Waals surface area contributed by atoms with Crippen LogP contribution in [0.25, 0.3) is 0 Å². The lowest BCUT2D eigenvalue weighted by molar-refractivity contribution is -0.161. The first-order valence-corrected chi connectivity index (χ1v) is 16.7. The fourth-order valence-electron chi connectivity index (χ4n) is 5.16. The second-order valence-electron chi connectivity index (χ2n) is 13.6. The third-order valence-electron chi connectivity index (χ3n) is 7.29. The number of amides is 2. The number of hydrogen-bond acceptors (Lipinski definition) is 11. The predicted octanol–water partition coefficient (Wildman–Crippen LogP) is 5.33. The van der Waals surface area contributed by atoms with Crippen molar-refractivity contribution in [3.63, 3.8) is 0 Å². The Labute approximate surface area is 291 Å². The lowest BCUT2D eigenvalue weighted by atomic mass is 9.95. The SMILES string of the molecule is COCOc1cccc(C(=O)NCC2Cc3c(sc(NC(=O)C(=O)OC(C)(C)C)c3C(=O)OC(C)(C)C)CN2Cc2ccc(OC)cc2)c1. The van der Waals surface area contributed by atoms with Crippen LogP contribution in [0.4, 0.5) is 5.00 Å². The van der Waals surface area contributed by atoms with Crippen LogP contribution in [0.5, 0.6) is 11.5 Å². The molecule has 49 heavy (non-hydrogen) atoms. The molecular weight excluding hydrogens is 650 g/mol. The van der Waals surface area contributed by atoms with E-state index in [-0.39, 0.29) is 35.9 Å². The summed E-state index contributed by atoms with van der Waals surface area (Å²) in [5, 5.41) is 5.88. The highest BCUT2D eigenvalue weighted by Gasteiger charge is 2.36. The molecule has 0 saturated carbocycles. The van der Waals surface area contributed by atoms with E-state index in [4.69, 9.17) is 23.7 Å². The summed E-state index contributed by atoms with van der Waals surface area (Å²) in [6.07, 6.45) is 0.357. The van der Waals surface area contributed by atoms with Crippen molar-refractivity contribution in [2.75, 3.05) is 32.9 Å². The second kappa shape index (κ2) is 15.8. The Hall–Kier alpha value is -4.46. The smallest absolute Gasteiger partial charge is 0.397 e. The van der Waals surface area contributed by atoms with Gasteiger partial charge in [0.15, 0.2) is 6.79 Å². The van der Waals surface area contributed by atoms with Gasteiger partial charge in [-0.1, -0.05) is 18.2 Å². The summed E-state index contributed by atoms with van der Waals surface area (Å²) in [4.78, 5) is 55.6. The van der Waals surface area contributed by atoms with Crippen molar-refractivity contribution < 1.29 is 42.9 Å². The van der Waals surface area contributed by atoms with Crippen molar-refractivity contribution in [2.45, 2.75) is 78.3 Å². The van der Waals surface area contributed by atoms with Gasteiger partial charge in [-0.15, -0.1) is 11.3 Å². The Morgan fingerprint density at radius 2 is 1.61 bits per heavy atom. The van der Waals surface area contributed by atoms with Gasteiger partial charge in [-0.3, -0.25) is 14.5 Å². The normalized spacial score (nSPS) is 14.7. The molecular formula is C36H45N3O9S. The summed E-state index contributed by atoms with van der Waals surface area (Å²) in [5.74, 6) is -1.74. The van der Waals surface area contributed by atoms with Crippen LogP contribution in [0.15, 0.2) is 48.5 Å². The molecule has 12 nitrogen and oxygen atoms in total. The molecule has 4 rings (SSSR count). The van der Waals surface area contributed by atoms with Crippen LogP contribution in [-0.2, 0) is 43.3 Å². The zero-order chi connectivity index (χ0) is 35.9. The van der Waals surface area contributed by atoms with Gasteiger partial charge < -0.3 is 34.3 Å². The van der Waals surface area contributed by atoms with E-state index in [0.717, 1.165) is 16.2 Å². The number of hydrogen-bond donors (Lipinski definition) is 2. The number of nitrogens with zero attached hydrogens (tertiary/aromatic N) is 1. The molecule has 0 radical (unpaired) electrons. The highest BCUT2D eigenvalue weighted by atomic mass is 32.1. The number of benzene rings is 2. The molecule has 0 bridgehead atoms. The molecule has 2 aromatic carbocycles. The first-order valence-electron chi connectivity index (χ1n) is 15.9. The zero-order valence-corrected chi connectivity index (χ0v) is 30.1. The molecule has 0 fully saturated rings.